The van der Waals surface area contributed by atoms with Crippen LogP contribution in [0.3, 0.4) is 0 Å². The van der Waals surface area contributed by atoms with E-state index in [9.17, 15) is 13.6 Å². The molecule has 0 saturated heterocycles. The van der Waals surface area contributed by atoms with Crippen molar-refractivity contribution in [1.29, 1.82) is 0 Å². The predicted octanol–water partition coefficient (Wildman–Crippen LogP) is 4.13. The van der Waals surface area contributed by atoms with Crippen molar-refractivity contribution in [2.24, 2.45) is 0 Å². The number of aryl methyl sites for hydroxylation is 1. The minimum Gasteiger partial charge on any atom is -0.434 e. The smallest absolute Gasteiger partial charge is 0.387 e. The van der Waals surface area contributed by atoms with Crippen molar-refractivity contribution in [3.05, 3.63) is 59.4 Å². The van der Waals surface area contributed by atoms with Gasteiger partial charge in [-0.2, -0.15) is 8.78 Å². The van der Waals surface area contributed by atoms with Crippen LogP contribution in [-0.2, 0) is 17.8 Å². The molecule has 3 aromatic rings. The number of rotatable bonds is 6. The molecule has 2 aromatic carbocycles. The first kappa shape index (κ1) is 17.1. The summed E-state index contributed by atoms with van der Waals surface area (Å²) in [4.78, 5) is 15.9. The van der Waals surface area contributed by atoms with Gasteiger partial charge in [-0.15, -0.1) is 0 Å². The zero-order valence-electron chi connectivity index (χ0n) is 14.0. The van der Waals surface area contributed by atoms with Crippen LogP contribution >= 0.6 is 0 Å². The molecule has 0 bridgehead atoms. The van der Waals surface area contributed by atoms with Crippen LogP contribution in [-0.4, -0.2) is 21.9 Å². The minimum atomic E-state index is -2.87. The third-order valence-electron chi connectivity index (χ3n) is 3.97. The Balaban J connectivity index is 2.01. The SMILES string of the molecule is CC(=O)Cc1ccc2nc(C)n(Cc3ccccc3OC(F)F)c2c1. The summed E-state index contributed by atoms with van der Waals surface area (Å²) < 4.78 is 31.8. The summed E-state index contributed by atoms with van der Waals surface area (Å²) >= 11 is 0. The van der Waals surface area contributed by atoms with E-state index in [-0.39, 0.29) is 11.5 Å². The maximum atomic E-state index is 12.6. The Bertz CT molecular complexity index is 919. The number of imidazole rings is 1. The summed E-state index contributed by atoms with van der Waals surface area (Å²) in [5, 5.41) is 0. The molecule has 4 nitrogen and oxygen atoms in total. The molecule has 0 amide bonds. The second kappa shape index (κ2) is 7.01. The molecule has 25 heavy (non-hydrogen) atoms. The molecule has 1 heterocycles. The number of hydrogen-bond donors (Lipinski definition) is 0. The van der Waals surface area contributed by atoms with Gasteiger partial charge < -0.3 is 9.30 Å². The molecule has 0 aliphatic carbocycles. The van der Waals surface area contributed by atoms with Crippen LogP contribution in [0, 0.1) is 6.92 Å². The zero-order valence-corrected chi connectivity index (χ0v) is 14.0. The molecule has 0 fully saturated rings. The van der Waals surface area contributed by atoms with E-state index < -0.39 is 6.61 Å². The summed E-state index contributed by atoms with van der Waals surface area (Å²) in [6.07, 6.45) is 0.352. The highest BCUT2D eigenvalue weighted by molar-refractivity contribution is 5.82. The molecule has 1 aromatic heterocycles. The third kappa shape index (κ3) is 3.84. The first-order chi connectivity index (χ1) is 11.9. The lowest BCUT2D eigenvalue weighted by Crippen LogP contribution is -2.08. The zero-order chi connectivity index (χ0) is 18.0. The predicted molar refractivity (Wildman–Crippen MR) is 91.0 cm³/mol. The van der Waals surface area contributed by atoms with Gasteiger partial charge in [0, 0.05) is 12.0 Å². The van der Waals surface area contributed by atoms with Crippen molar-refractivity contribution in [1.82, 2.24) is 9.55 Å². The third-order valence-corrected chi connectivity index (χ3v) is 3.97. The second-order valence-corrected chi connectivity index (χ2v) is 5.93. The Kier molecular flexibility index (Phi) is 4.79. The van der Waals surface area contributed by atoms with E-state index in [0.29, 0.717) is 18.5 Å². The van der Waals surface area contributed by atoms with Crippen molar-refractivity contribution >= 4 is 16.8 Å². The van der Waals surface area contributed by atoms with Crippen molar-refractivity contribution in [2.45, 2.75) is 33.4 Å². The Morgan fingerprint density at radius 3 is 2.72 bits per heavy atom. The Morgan fingerprint density at radius 2 is 2.00 bits per heavy atom. The van der Waals surface area contributed by atoms with Crippen LogP contribution < -0.4 is 4.74 Å². The maximum absolute atomic E-state index is 12.6. The van der Waals surface area contributed by atoms with E-state index in [2.05, 4.69) is 9.72 Å². The van der Waals surface area contributed by atoms with E-state index >= 15 is 0 Å². The molecular weight excluding hydrogens is 326 g/mol. The highest BCUT2D eigenvalue weighted by atomic mass is 19.3. The molecule has 0 atom stereocenters. The Labute approximate surface area is 144 Å². The highest BCUT2D eigenvalue weighted by Crippen LogP contribution is 2.25. The summed E-state index contributed by atoms with van der Waals surface area (Å²) in [6, 6.07) is 12.4. The van der Waals surface area contributed by atoms with Crippen LogP contribution in [0.4, 0.5) is 8.78 Å². The molecule has 0 N–H and O–H groups in total. The van der Waals surface area contributed by atoms with E-state index in [1.54, 1.807) is 25.1 Å². The number of halogens is 2. The standard InChI is InChI=1S/C19H18F2N2O2/c1-12(24)9-14-7-8-16-17(10-14)23(13(2)22-16)11-15-5-3-4-6-18(15)25-19(20)21/h3-8,10,19H,9,11H2,1-2H3. The number of carbonyl (C=O) groups excluding carboxylic acids is 1. The van der Waals surface area contributed by atoms with Gasteiger partial charge in [-0.3, -0.25) is 4.79 Å². The summed E-state index contributed by atoms with van der Waals surface area (Å²) in [5.41, 5.74) is 3.21. The van der Waals surface area contributed by atoms with Crippen LogP contribution in [0.2, 0.25) is 0 Å². The summed E-state index contributed by atoms with van der Waals surface area (Å²) in [5.74, 6) is 0.998. The van der Waals surface area contributed by atoms with Crippen LogP contribution in [0.15, 0.2) is 42.5 Å². The van der Waals surface area contributed by atoms with Crippen molar-refractivity contribution < 1.29 is 18.3 Å². The maximum Gasteiger partial charge on any atom is 0.387 e. The fourth-order valence-electron chi connectivity index (χ4n) is 2.90. The number of Topliss-reactive ketones (excluding diaryl/α,β-unsaturated/α-hetero) is 1. The van der Waals surface area contributed by atoms with Gasteiger partial charge in [0.1, 0.15) is 17.4 Å². The second-order valence-electron chi connectivity index (χ2n) is 5.93. The lowest BCUT2D eigenvalue weighted by molar-refractivity contribution is -0.116. The number of aromatic nitrogens is 2. The number of alkyl halides is 2. The quantitative estimate of drug-likeness (QED) is 0.675. The van der Waals surface area contributed by atoms with E-state index in [4.69, 9.17) is 0 Å². The topological polar surface area (TPSA) is 44.1 Å². The molecular formula is C19H18F2N2O2. The van der Waals surface area contributed by atoms with Crippen LogP contribution in [0.25, 0.3) is 11.0 Å². The van der Waals surface area contributed by atoms with Gasteiger partial charge in [0.15, 0.2) is 0 Å². The average Bonchev–Trinajstić information content (AvgIpc) is 2.84. The fraction of sp³-hybridized carbons (Fsp3) is 0.263. The number of hydrogen-bond acceptors (Lipinski definition) is 3. The fourth-order valence-corrected chi connectivity index (χ4v) is 2.90. The van der Waals surface area contributed by atoms with Crippen LogP contribution in [0.5, 0.6) is 5.75 Å². The molecule has 6 heteroatoms. The molecule has 0 aliphatic heterocycles. The van der Waals surface area contributed by atoms with E-state index in [1.807, 2.05) is 29.7 Å². The van der Waals surface area contributed by atoms with E-state index in [0.717, 1.165) is 22.4 Å². The van der Waals surface area contributed by atoms with E-state index in [1.165, 1.54) is 6.07 Å². The van der Waals surface area contributed by atoms with Crippen molar-refractivity contribution in [3.63, 3.8) is 0 Å². The lowest BCUT2D eigenvalue weighted by Gasteiger charge is -2.13. The minimum absolute atomic E-state index is 0.0813. The van der Waals surface area contributed by atoms with Crippen LogP contribution in [0.1, 0.15) is 23.9 Å². The number of ketones is 1. The Morgan fingerprint density at radius 1 is 1.24 bits per heavy atom. The molecule has 0 aliphatic rings. The first-order valence-electron chi connectivity index (χ1n) is 7.92. The average molecular weight is 344 g/mol. The molecule has 3 rings (SSSR count). The van der Waals surface area contributed by atoms with Gasteiger partial charge in [-0.05, 0) is 37.6 Å². The van der Waals surface area contributed by atoms with Gasteiger partial charge in [0.25, 0.3) is 0 Å². The molecule has 0 saturated carbocycles. The number of carbonyl (C=O) groups is 1. The summed E-state index contributed by atoms with van der Waals surface area (Å²) in [6.45, 7) is 0.893. The molecule has 130 valence electrons. The largest absolute Gasteiger partial charge is 0.434 e. The Hall–Kier alpha value is -2.76. The summed E-state index contributed by atoms with van der Waals surface area (Å²) in [7, 11) is 0. The lowest BCUT2D eigenvalue weighted by atomic mass is 10.1. The number of fused-ring (bicyclic) bond motifs is 1. The molecule has 0 radical (unpaired) electrons. The number of para-hydroxylation sites is 1. The van der Waals surface area contributed by atoms with Crippen molar-refractivity contribution in [2.75, 3.05) is 0 Å². The highest BCUT2D eigenvalue weighted by Gasteiger charge is 2.13. The van der Waals surface area contributed by atoms with Crippen molar-refractivity contribution in [3.8, 4) is 5.75 Å². The molecule has 0 unspecified atom stereocenters. The normalized spacial score (nSPS) is 11.2. The van der Waals surface area contributed by atoms with Gasteiger partial charge in [-0.1, -0.05) is 24.3 Å². The van der Waals surface area contributed by atoms with Gasteiger partial charge in [-0.25, -0.2) is 4.98 Å². The van der Waals surface area contributed by atoms with Gasteiger partial charge in [0.05, 0.1) is 17.6 Å². The number of nitrogens with zero attached hydrogens (tertiary/aromatic N) is 2. The van der Waals surface area contributed by atoms with Gasteiger partial charge >= 0.3 is 6.61 Å². The number of benzene rings is 2. The first-order valence-corrected chi connectivity index (χ1v) is 7.92. The molecule has 0 spiro atoms. The van der Waals surface area contributed by atoms with Gasteiger partial charge in [0.2, 0.25) is 0 Å². The number of ether oxygens (including phenoxy) is 1. The monoisotopic (exact) mass is 344 g/mol.